The quantitative estimate of drug-likeness (QED) is 0.404. The van der Waals surface area contributed by atoms with Crippen molar-refractivity contribution >= 4 is 11.6 Å². The summed E-state index contributed by atoms with van der Waals surface area (Å²) in [5.74, 6) is 5.06. The smallest absolute Gasteiger partial charge is 0.253 e. The summed E-state index contributed by atoms with van der Waals surface area (Å²) in [5.41, 5.74) is 2.48. The topological polar surface area (TPSA) is 67.2 Å². The van der Waals surface area contributed by atoms with Crippen LogP contribution >= 0.6 is 0 Å². The van der Waals surface area contributed by atoms with Crippen LogP contribution in [0.15, 0.2) is 18.2 Å². The van der Waals surface area contributed by atoms with Crippen molar-refractivity contribution in [2.45, 2.75) is 33.1 Å². The predicted octanol–water partition coefficient (Wildman–Crippen LogP) is 2.67. The van der Waals surface area contributed by atoms with Crippen molar-refractivity contribution in [3.63, 3.8) is 0 Å². The van der Waals surface area contributed by atoms with E-state index in [2.05, 4.69) is 24.6 Å². The normalized spacial score (nSPS) is 10.6. The van der Waals surface area contributed by atoms with Crippen LogP contribution in [0.5, 0.6) is 0 Å². The van der Waals surface area contributed by atoms with E-state index in [1.54, 1.807) is 6.07 Å². The Hall–Kier alpha value is -1.62. The zero-order valence-corrected chi connectivity index (χ0v) is 11.5. The maximum Gasteiger partial charge on any atom is 0.253 e. The maximum atomic E-state index is 13.4. The monoisotopic (exact) mass is 267 g/mol. The number of nitrogens with two attached hydrogens (primary N) is 1. The first-order valence-electron chi connectivity index (χ1n) is 6.59. The van der Waals surface area contributed by atoms with Crippen LogP contribution in [0.4, 0.5) is 10.1 Å². The number of nitrogen functional groups attached to an aromatic ring is 1. The van der Waals surface area contributed by atoms with E-state index in [9.17, 15) is 9.18 Å². The Labute approximate surface area is 113 Å². The van der Waals surface area contributed by atoms with Crippen LogP contribution in [-0.4, -0.2) is 12.5 Å². The van der Waals surface area contributed by atoms with E-state index in [4.69, 9.17) is 5.84 Å². The summed E-state index contributed by atoms with van der Waals surface area (Å²) < 4.78 is 13.4. The average Bonchev–Trinajstić information content (AvgIpc) is 2.37. The van der Waals surface area contributed by atoms with Crippen LogP contribution in [0.3, 0.4) is 0 Å². The molecule has 0 radical (unpaired) electrons. The molecule has 0 saturated heterocycles. The third-order valence-electron chi connectivity index (χ3n) is 2.90. The van der Waals surface area contributed by atoms with E-state index in [0.717, 1.165) is 19.3 Å². The highest BCUT2D eigenvalue weighted by molar-refractivity contribution is 5.99. The summed E-state index contributed by atoms with van der Waals surface area (Å²) in [6.45, 7) is 4.93. The molecule has 4 nitrogen and oxygen atoms in total. The zero-order valence-electron chi connectivity index (χ0n) is 11.5. The number of benzene rings is 1. The number of rotatable bonds is 7. The third-order valence-corrected chi connectivity index (χ3v) is 2.90. The molecule has 4 N–H and O–H groups in total. The fourth-order valence-corrected chi connectivity index (χ4v) is 1.83. The minimum Gasteiger partial charge on any atom is -0.352 e. The number of hydrazine groups is 1. The number of anilines is 1. The molecule has 0 aliphatic carbocycles. The lowest BCUT2D eigenvalue weighted by molar-refractivity contribution is 0.0953. The molecule has 0 unspecified atom stereocenters. The number of hydrogen-bond acceptors (Lipinski definition) is 3. The van der Waals surface area contributed by atoms with E-state index in [1.807, 2.05) is 0 Å². The van der Waals surface area contributed by atoms with Crippen LogP contribution < -0.4 is 16.6 Å². The number of unbranched alkanes of at least 4 members (excludes halogenated alkanes) is 1. The molecule has 106 valence electrons. The van der Waals surface area contributed by atoms with Crippen LogP contribution in [0.2, 0.25) is 0 Å². The number of amides is 1. The van der Waals surface area contributed by atoms with Crippen molar-refractivity contribution in [1.29, 1.82) is 0 Å². The van der Waals surface area contributed by atoms with Gasteiger partial charge in [-0.1, -0.05) is 32.8 Å². The van der Waals surface area contributed by atoms with Gasteiger partial charge in [-0.3, -0.25) is 10.6 Å². The molecule has 5 heteroatoms. The Bertz CT molecular complexity index is 421. The van der Waals surface area contributed by atoms with Crippen molar-refractivity contribution < 1.29 is 9.18 Å². The molecule has 0 heterocycles. The van der Waals surface area contributed by atoms with Gasteiger partial charge in [0.15, 0.2) is 0 Å². The number of para-hydroxylation sites is 1. The van der Waals surface area contributed by atoms with Crippen molar-refractivity contribution in [2.24, 2.45) is 11.8 Å². The second-order valence-electron chi connectivity index (χ2n) is 4.95. The lowest BCUT2D eigenvalue weighted by Crippen LogP contribution is -2.26. The number of nitrogens with one attached hydrogen (secondary N) is 2. The van der Waals surface area contributed by atoms with Crippen molar-refractivity contribution in [3.05, 3.63) is 29.6 Å². The third kappa shape index (κ3) is 4.87. The predicted molar refractivity (Wildman–Crippen MR) is 75.2 cm³/mol. The number of halogens is 1. The Morgan fingerprint density at radius 1 is 1.37 bits per heavy atom. The Morgan fingerprint density at radius 3 is 2.74 bits per heavy atom. The summed E-state index contributed by atoms with van der Waals surface area (Å²) in [6.07, 6.45) is 3.14. The van der Waals surface area contributed by atoms with Gasteiger partial charge in [-0.25, -0.2) is 4.39 Å². The molecule has 0 spiro atoms. The SMILES string of the molecule is CC(C)CCCCNC(=O)c1cccc(F)c1NN. The average molecular weight is 267 g/mol. The molecule has 0 atom stereocenters. The first-order valence-corrected chi connectivity index (χ1v) is 6.59. The molecular formula is C14H22FN3O. The zero-order chi connectivity index (χ0) is 14.3. The van der Waals surface area contributed by atoms with E-state index >= 15 is 0 Å². The van der Waals surface area contributed by atoms with Crippen LogP contribution in [-0.2, 0) is 0 Å². The van der Waals surface area contributed by atoms with E-state index in [-0.39, 0.29) is 17.2 Å². The fourth-order valence-electron chi connectivity index (χ4n) is 1.83. The lowest BCUT2D eigenvalue weighted by atomic mass is 10.1. The molecule has 0 bridgehead atoms. The standard InChI is InChI=1S/C14H22FN3O/c1-10(2)6-3-4-9-17-14(19)11-7-5-8-12(15)13(11)18-16/h5,7-8,10,18H,3-4,6,9,16H2,1-2H3,(H,17,19). The minimum atomic E-state index is -0.532. The fraction of sp³-hybridized carbons (Fsp3) is 0.500. The van der Waals surface area contributed by atoms with Gasteiger partial charge in [0, 0.05) is 6.54 Å². The summed E-state index contributed by atoms with van der Waals surface area (Å²) in [6, 6.07) is 4.29. The van der Waals surface area contributed by atoms with E-state index in [1.165, 1.54) is 12.1 Å². The Morgan fingerprint density at radius 2 is 2.11 bits per heavy atom. The summed E-state index contributed by atoms with van der Waals surface area (Å²) in [5, 5.41) is 2.77. The summed E-state index contributed by atoms with van der Waals surface area (Å²) in [4.78, 5) is 11.9. The van der Waals surface area contributed by atoms with Gasteiger partial charge in [0.1, 0.15) is 5.82 Å². The second-order valence-corrected chi connectivity index (χ2v) is 4.95. The van der Waals surface area contributed by atoms with Crippen LogP contribution in [0.25, 0.3) is 0 Å². The summed E-state index contributed by atoms with van der Waals surface area (Å²) in [7, 11) is 0. The van der Waals surface area contributed by atoms with Gasteiger partial charge in [0.05, 0.1) is 11.3 Å². The highest BCUT2D eigenvalue weighted by Gasteiger charge is 2.13. The highest BCUT2D eigenvalue weighted by Crippen LogP contribution is 2.18. The molecule has 19 heavy (non-hydrogen) atoms. The maximum absolute atomic E-state index is 13.4. The van der Waals surface area contributed by atoms with Crippen molar-refractivity contribution in [1.82, 2.24) is 5.32 Å². The molecule has 1 amide bonds. The van der Waals surface area contributed by atoms with Gasteiger partial charge < -0.3 is 10.7 Å². The lowest BCUT2D eigenvalue weighted by Gasteiger charge is -2.10. The molecule has 1 aromatic carbocycles. The number of hydrogen-bond donors (Lipinski definition) is 3. The Balaban J connectivity index is 2.48. The van der Waals surface area contributed by atoms with Gasteiger partial charge in [-0.05, 0) is 24.5 Å². The van der Waals surface area contributed by atoms with Gasteiger partial charge in [0.2, 0.25) is 0 Å². The van der Waals surface area contributed by atoms with Crippen LogP contribution in [0.1, 0.15) is 43.5 Å². The molecule has 0 aliphatic rings. The summed E-state index contributed by atoms with van der Waals surface area (Å²) >= 11 is 0. The Kier molecular flexibility index (Phi) is 6.29. The number of carbonyl (C=O) groups is 1. The van der Waals surface area contributed by atoms with Gasteiger partial charge >= 0.3 is 0 Å². The minimum absolute atomic E-state index is 0.0298. The first kappa shape index (κ1) is 15.4. The second kappa shape index (κ2) is 7.74. The van der Waals surface area contributed by atoms with E-state index < -0.39 is 5.82 Å². The molecular weight excluding hydrogens is 245 g/mol. The molecule has 1 aromatic rings. The number of carbonyl (C=O) groups excluding carboxylic acids is 1. The highest BCUT2D eigenvalue weighted by atomic mass is 19.1. The molecule has 0 aliphatic heterocycles. The van der Waals surface area contributed by atoms with Gasteiger partial charge in [0.25, 0.3) is 5.91 Å². The molecule has 0 fully saturated rings. The van der Waals surface area contributed by atoms with Gasteiger partial charge in [-0.2, -0.15) is 0 Å². The molecule has 0 aromatic heterocycles. The van der Waals surface area contributed by atoms with Crippen molar-refractivity contribution in [2.75, 3.05) is 12.0 Å². The molecule has 0 saturated carbocycles. The van der Waals surface area contributed by atoms with E-state index in [0.29, 0.717) is 12.5 Å². The van der Waals surface area contributed by atoms with Gasteiger partial charge in [-0.15, -0.1) is 0 Å². The van der Waals surface area contributed by atoms with Crippen molar-refractivity contribution in [3.8, 4) is 0 Å². The molecule has 1 rings (SSSR count). The first-order chi connectivity index (χ1) is 9.06. The largest absolute Gasteiger partial charge is 0.352 e. The van der Waals surface area contributed by atoms with Crippen LogP contribution in [0, 0.1) is 11.7 Å².